The Labute approximate surface area is 137 Å². The maximum atomic E-state index is 5.96. The van der Waals surface area contributed by atoms with Crippen molar-refractivity contribution in [2.75, 3.05) is 12.4 Å². The van der Waals surface area contributed by atoms with Gasteiger partial charge in [0.15, 0.2) is 0 Å². The Balaban J connectivity index is 2.17. The molecule has 0 aliphatic rings. The van der Waals surface area contributed by atoms with E-state index in [4.69, 9.17) is 21.7 Å². The van der Waals surface area contributed by atoms with Crippen molar-refractivity contribution in [1.82, 2.24) is 0 Å². The Morgan fingerprint density at radius 2 is 1.73 bits per heavy atom. The van der Waals surface area contributed by atoms with E-state index in [1.807, 2.05) is 18.2 Å². The molecule has 0 saturated heterocycles. The van der Waals surface area contributed by atoms with Gasteiger partial charge in [-0.25, -0.2) is 0 Å². The number of hydrogen-bond acceptors (Lipinski definition) is 3. The fraction of sp³-hybridized carbons (Fsp3) is 0.278. The van der Waals surface area contributed by atoms with Crippen LogP contribution in [0.2, 0.25) is 0 Å². The molecule has 22 heavy (non-hydrogen) atoms. The van der Waals surface area contributed by atoms with Crippen LogP contribution in [0.25, 0.3) is 0 Å². The fourth-order valence-corrected chi connectivity index (χ4v) is 2.35. The molecule has 2 rings (SSSR count). The summed E-state index contributed by atoms with van der Waals surface area (Å²) in [5.74, 6) is 0.896. The molecule has 3 nitrogen and oxygen atoms in total. The lowest BCUT2D eigenvalue weighted by Gasteiger charge is -2.15. The molecule has 0 spiro atoms. The van der Waals surface area contributed by atoms with E-state index in [-0.39, 0.29) is 0 Å². The van der Waals surface area contributed by atoms with Gasteiger partial charge in [0.2, 0.25) is 0 Å². The van der Waals surface area contributed by atoms with Crippen LogP contribution < -0.4 is 10.1 Å². The number of rotatable bonds is 4. The average Bonchev–Trinajstić information content (AvgIpc) is 2.48. The van der Waals surface area contributed by atoms with E-state index in [1.165, 1.54) is 11.1 Å². The van der Waals surface area contributed by atoms with E-state index >= 15 is 0 Å². The van der Waals surface area contributed by atoms with Crippen LogP contribution in [0, 0.1) is 20.8 Å². The fourth-order valence-electron chi connectivity index (χ4n) is 2.24. The third-order valence-electron chi connectivity index (χ3n) is 3.40. The van der Waals surface area contributed by atoms with Crippen molar-refractivity contribution in [3.8, 4) is 5.75 Å². The smallest absolute Gasteiger partial charge is 0.260 e. The van der Waals surface area contributed by atoms with E-state index in [9.17, 15) is 0 Å². The van der Waals surface area contributed by atoms with Crippen molar-refractivity contribution in [2.45, 2.75) is 27.4 Å². The summed E-state index contributed by atoms with van der Waals surface area (Å²) in [5, 5.41) is 3.42. The van der Waals surface area contributed by atoms with Gasteiger partial charge in [-0.2, -0.15) is 0 Å². The van der Waals surface area contributed by atoms with E-state index in [2.05, 4.69) is 44.3 Å². The van der Waals surface area contributed by atoms with Gasteiger partial charge in [0, 0.05) is 11.3 Å². The number of methoxy groups -OCH3 is 1. The van der Waals surface area contributed by atoms with Crippen molar-refractivity contribution in [2.24, 2.45) is 0 Å². The summed E-state index contributed by atoms with van der Waals surface area (Å²) in [4.78, 5) is 0. The molecule has 0 fully saturated rings. The van der Waals surface area contributed by atoms with Crippen LogP contribution >= 0.6 is 12.2 Å². The molecule has 0 aromatic heterocycles. The van der Waals surface area contributed by atoms with Crippen molar-refractivity contribution in [3.05, 3.63) is 58.7 Å². The minimum absolute atomic E-state index is 0.344. The number of thiocarbonyl (C=S) groups is 1. The first-order chi connectivity index (χ1) is 10.5. The first kappa shape index (κ1) is 16.3. The monoisotopic (exact) mass is 315 g/mol. The van der Waals surface area contributed by atoms with Crippen LogP contribution in [0.1, 0.15) is 22.3 Å². The highest BCUT2D eigenvalue weighted by Crippen LogP contribution is 2.23. The lowest BCUT2D eigenvalue weighted by molar-refractivity contribution is 0.304. The van der Waals surface area contributed by atoms with Crippen molar-refractivity contribution >= 4 is 23.1 Å². The molecule has 0 heterocycles. The second-order valence-electron chi connectivity index (χ2n) is 5.33. The van der Waals surface area contributed by atoms with Crippen LogP contribution in [0.5, 0.6) is 5.75 Å². The Kier molecular flexibility index (Phi) is 5.39. The summed E-state index contributed by atoms with van der Waals surface area (Å²) in [6.07, 6.45) is 0. The first-order valence-electron chi connectivity index (χ1n) is 7.14. The topological polar surface area (TPSA) is 30.5 Å². The van der Waals surface area contributed by atoms with Gasteiger partial charge in [0.05, 0.1) is 7.11 Å². The summed E-state index contributed by atoms with van der Waals surface area (Å²) < 4.78 is 11.0. The molecule has 0 atom stereocenters. The predicted octanol–water partition coefficient (Wildman–Crippen LogP) is 4.53. The summed E-state index contributed by atoms with van der Waals surface area (Å²) in [5.41, 5.74) is 5.48. The molecule has 0 bridgehead atoms. The predicted molar refractivity (Wildman–Crippen MR) is 94.7 cm³/mol. The van der Waals surface area contributed by atoms with Crippen molar-refractivity contribution < 1.29 is 9.47 Å². The maximum absolute atomic E-state index is 5.96. The maximum Gasteiger partial charge on any atom is 0.260 e. The molecular weight excluding hydrogens is 294 g/mol. The highest BCUT2D eigenvalue weighted by Gasteiger charge is 2.07. The minimum atomic E-state index is 0.344. The molecule has 0 amide bonds. The lowest BCUT2D eigenvalue weighted by atomic mass is 10.1. The summed E-state index contributed by atoms with van der Waals surface area (Å²) in [6, 6.07) is 12.3. The van der Waals surface area contributed by atoms with Gasteiger partial charge < -0.3 is 14.8 Å². The van der Waals surface area contributed by atoms with Gasteiger partial charge in [0.1, 0.15) is 12.4 Å². The summed E-state index contributed by atoms with van der Waals surface area (Å²) in [7, 11) is 1.55. The number of anilines is 1. The summed E-state index contributed by atoms with van der Waals surface area (Å²) >= 11 is 5.07. The molecule has 2 aromatic carbocycles. The van der Waals surface area contributed by atoms with E-state index in [0.717, 1.165) is 22.6 Å². The van der Waals surface area contributed by atoms with E-state index in [0.29, 0.717) is 11.8 Å². The van der Waals surface area contributed by atoms with Crippen molar-refractivity contribution in [3.63, 3.8) is 0 Å². The lowest BCUT2D eigenvalue weighted by Crippen LogP contribution is -2.13. The minimum Gasteiger partial charge on any atom is -0.489 e. The highest BCUT2D eigenvalue weighted by molar-refractivity contribution is 7.80. The highest BCUT2D eigenvalue weighted by atomic mass is 32.1. The molecule has 0 aliphatic heterocycles. The number of benzene rings is 2. The second kappa shape index (κ2) is 7.27. The van der Waals surface area contributed by atoms with Gasteiger partial charge in [-0.3, -0.25) is 0 Å². The first-order valence-corrected chi connectivity index (χ1v) is 7.55. The van der Waals surface area contributed by atoms with Crippen molar-refractivity contribution in [1.29, 1.82) is 0 Å². The van der Waals surface area contributed by atoms with Crippen LogP contribution in [-0.2, 0) is 11.3 Å². The molecular formula is C18H21NO2S. The SMILES string of the molecule is COC(=S)Nc1ccc(C)cc1COc1ccc(C)cc1C. The Morgan fingerprint density at radius 1 is 1.05 bits per heavy atom. The van der Waals surface area contributed by atoms with E-state index < -0.39 is 0 Å². The van der Waals surface area contributed by atoms with Gasteiger partial charge in [-0.05, 0) is 50.7 Å². The van der Waals surface area contributed by atoms with Crippen LogP contribution in [0.3, 0.4) is 0 Å². The van der Waals surface area contributed by atoms with Crippen LogP contribution in [-0.4, -0.2) is 12.3 Å². The molecule has 1 N–H and O–H groups in total. The third-order valence-corrected chi connectivity index (χ3v) is 3.67. The Bertz CT molecular complexity index is 683. The zero-order valence-corrected chi connectivity index (χ0v) is 14.2. The molecule has 2 aromatic rings. The van der Waals surface area contributed by atoms with E-state index in [1.54, 1.807) is 7.11 Å². The molecule has 0 aliphatic carbocycles. The molecule has 0 saturated carbocycles. The largest absolute Gasteiger partial charge is 0.489 e. The molecule has 116 valence electrons. The quantitative estimate of drug-likeness (QED) is 0.840. The second-order valence-corrected chi connectivity index (χ2v) is 5.71. The Hall–Kier alpha value is -2.07. The Morgan fingerprint density at radius 3 is 2.41 bits per heavy atom. The number of ether oxygens (including phenoxy) is 2. The van der Waals surface area contributed by atoms with Gasteiger partial charge in [-0.15, -0.1) is 0 Å². The number of hydrogen-bond donors (Lipinski definition) is 1. The third kappa shape index (κ3) is 4.21. The van der Waals surface area contributed by atoms with Crippen LogP contribution in [0.15, 0.2) is 36.4 Å². The molecule has 4 heteroatoms. The standard InChI is InChI=1S/C18H21NO2S/c1-12-6-8-17(14(3)9-12)21-11-15-10-13(2)5-7-16(15)19-18(22)20-4/h5-10H,11H2,1-4H3,(H,19,22). The zero-order chi connectivity index (χ0) is 16.1. The number of aryl methyl sites for hydroxylation is 3. The number of nitrogens with one attached hydrogen (secondary N) is 1. The van der Waals surface area contributed by atoms with Gasteiger partial charge >= 0.3 is 0 Å². The summed E-state index contributed by atoms with van der Waals surface area (Å²) in [6.45, 7) is 6.65. The molecule has 0 unspecified atom stereocenters. The zero-order valence-electron chi connectivity index (χ0n) is 13.4. The van der Waals surface area contributed by atoms with Gasteiger partial charge in [0.25, 0.3) is 5.17 Å². The normalized spacial score (nSPS) is 10.2. The molecule has 0 radical (unpaired) electrons. The van der Waals surface area contributed by atoms with Gasteiger partial charge in [-0.1, -0.05) is 35.4 Å². The average molecular weight is 315 g/mol. The van der Waals surface area contributed by atoms with Crippen LogP contribution in [0.4, 0.5) is 5.69 Å².